The fourth-order valence-corrected chi connectivity index (χ4v) is 4.55. The Hall–Kier alpha value is -3.63. The second kappa shape index (κ2) is 10.7. The average molecular weight is 499 g/mol. The van der Waals surface area contributed by atoms with E-state index in [0.29, 0.717) is 0 Å². The number of aromatic nitrogens is 1. The summed E-state index contributed by atoms with van der Waals surface area (Å²) in [5, 5.41) is 5.29. The monoisotopic (exact) mass is 498 g/mol. The summed E-state index contributed by atoms with van der Waals surface area (Å²) in [6.45, 7) is 5.17. The van der Waals surface area contributed by atoms with Crippen molar-refractivity contribution in [1.29, 1.82) is 0 Å². The van der Waals surface area contributed by atoms with Gasteiger partial charge in [0.2, 0.25) is 15.9 Å². The van der Waals surface area contributed by atoms with Gasteiger partial charge in [-0.25, -0.2) is 22.5 Å². The van der Waals surface area contributed by atoms with Crippen LogP contribution in [0.3, 0.4) is 0 Å². The Labute approximate surface area is 204 Å². The highest BCUT2D eigenvalue weighted by Gasteiger charge is 2.24. The van der Waals surface area contributed by atoms with Crippen LogP contribution in [0, 0.1) is 5.82 Å². The van der Waals surface area contributed by atoms with E-state index in [9.17, 15) is 22.4 Å². The van der Waals surface area contributed by atoms with Crippen molar-refractivity contribution in [3.05, 3.63) is 89.9 Å². The Morgan fingerprint density at radius 2 is 1.63 bits per heavy atom. The number of hydrogen-bond donors (Lipinski definition) is 3. The largest absolute Gasteiger partial charge is 0.340 e. The zero-order chi connectivity index (χ0) is 25.6. The molecule has 35 heavy (non-hydrogen) atoms. The third-order valence-corrected chi connectivity index (χ3v) is 6.49. The minimum Gasteiger partial charge on any atom is -0.340 e. The fourth-order valence-electron chi connectivity index (χ4n) is 3.19. The molecule has 1 atom stereocenters. The van der Waals surface area contributed by atoms with E-state index in [0.717, 1.165) is 23.9 Å². The summed E-state index contributed by atoms with van der Waals surface area (Å²) in [6.07, 6.45) is 1.34. The highest BCUT2D eigenvalue weighted by atomic mass is 32.2. The molecule has 0 aliphatic heterocycles. The molecule has 0 radical (unpaired) electrons. The van der Waals surface area contributed by atoms with Gasteiger partial charge in [-0.3, -0.25) is 9.59 Å². The van der Waals surface area contributed by atoms with E-state index < -0.39 is 39.2 Å². The molecule has 0 unspecified atom stereocenters. The first-order valence-corrected chi connectivity index (χ1v) is 12.3. The maximum atomic E-state index is 13.2. The fraction of sp³-hybridized carbons (Fsp3) is 0.240. The molecule has 0 saturated carbocycles. The predicted octanol–water partition coefficient (Wildman–Crippen LogP) is 3.28. The van der Waals surface area contributed by atoms with Gasteiger partial charge in [0, 0.05) is 23.7 Å². The van der Waals surface area contributed by atoms with Gasteiger partial charge in [-0.05, 0) is 62.7 Å². The quantitative estimate of drug-likeness (QED) is 0.441. The number of anilines is 1. The summed E-state index contributed by atoms with van der Waals surface area (Å²) >= 11 is 0. The third kappa shape index (κ3) is 7.69. The van der Waals surface area contributed by atoms with E-state index in [2.05, 4.69) is 20.3 Å². The summed E-state index contributed by atoms with van der Waals surface area (Å²) in [5.41, 5.74) is 0.352. The number of nitrogens with one attached hydrogen (secondary N) is 3. The van der Waals surface area contributed by atoms with Gasteiger partial charge in [-0.2, -0.15) is 0 Å². The van der Waals surface area contributed by atoms with Crippen LogP contribution in [0.4, 0.5) is 10.2 Å². The Morgan fingerprint density at radius 1 is 0.971 bits per heavy atom. The maximum absolute atomic E-state index is 13.2. The molecule has 3 rings (SSSR count). The normalized spacial score (nSPS) is 12.6. The van der Waals surface area contributed by atoms with Crippen molar-refractivity contribution in [3.63, 3.8) is 0 Å². The van der Waals surface area contributed by atoms with E-state index in [-0.39, 0.29) is 22.7 Å². The van der Waals surface area contributed by atoms with Crippen LogP contribution in [0.1, 0.15) is 36.7 Å². The minimum absolute atomic E-state index is 0.0455. The molecule has 0 fully saturated rings. The molecule has 3 N–H and O–H groups in total. The summed E-state index contributed by atoms with van der Waals surface area (Å²) in [5.74, 6) is -1.43. The number of nitrogens with zero attached hydrogens (tertiary/aromatic N) is 1. The number of hydrogen-bond acceptors (Lipinski definition) is 5. The molecule has 3 aromatic rings. The van der Waals surface area contributed by atoms with Crippen LogP contribution in [0.5, 0.6) is 0 Å². The smallest absolute Gasteiger partial charge is 0.251 e. The first-order chi connectivity index (χ1) is 16.4. The maximum Gasteiger partial charge on any atom is 0.251 e. The minimum atomic E-state index is -3.78. The average Bonchev–Trinajstić information content (AvgIpc) is 2.78. The highest BCUT2D eigenvalue weighted by molar-refractivity contribution is 7.89. The summed E-state index contributed by atoms with van der Waals surface area (Å²) < 4.78 is 40.7. The lowest BCUT2D eigenvalue weighted by Crippen LogP contribution is -2.45. The first kappa shape index (κ1) is 26.0. The van der Waals surface area contributed by atoms with Crippen molar-refractivity contribution >= 4 is 27.7 Å². The Kier molecular flexibility index (Phi) is 7.98. The van der Waals surface area contributed by atoms with Gasteiger partial charge in [0.25, 0.3) is 5.91 Å². The van der Waals surface area contributed by atoms with Crippen LogP contribution in [0.15, 0.2) is 77.8 Å². The third-order valence-electron chi connectivity index (χ3n) is 4.75. The molecule has 2 amide bonds. The molecule has 8 nitrogen and oxygen atoms in total. The molecule has 10 heteroatoms. The van der Waals surface area contributed by atoms with Crippen LogP contribution >= 0.6 is 0 Å². The van der Waals surface area contributed by atoms with Crippen LogP contribution < -0.4 is 15.4 Å². The van der Waals surface area contributed by atoms with Crippen LogP contribution in [0.2, 0.25) is 0 Å². The van der Waals surface area contributed by atoms with Gasteiger partial charge in [0.15, 0.2) is 0 Å². The Balaban J connectivity index is 1.77. The molecule has 0 spiro atoms. The van der Waals surface area contributed by atoms with Crippen molar-refractivity contribution in [2.24, 2.45) is 0 Å². The summed E-state index contributed by atoms with van der Waals surface area (Å²) in [6, 6.07) is 15.8. The number of carbonyl (C=O) groups excluding carboxylic acids is 2. The molecule has 1 aromatic heterocycles. The topological polar surface area (TPSA) is 117 Å². The Bertz CT molecular complexity index is 1270. The van der Waals surface area contributed by atoms with E-state index in [1.165, 1.54) is 24.3 Å². The number of sulfonamides is 1. The zero-order valence-electron chi connectivity index (χ0n) is 19.6. The van der Waals surface area contributed by atoms with Crippen LogP contribution in [-0.2, 0) is 21.2 Å². The molecule has 1 heterocycles. The number of pyridine rings is 1. The van der Waals surface area contributed by atoms with Crippen LogP contribution in [0.25, 0.3) is 0 Å². The number of halogens is 1. The lowest BCUT2D eigenvalue weighted by molar-refractivity contribution is -0.118. The predicted molar refractivity (Wildman–Crippen MR) is 131 cm³/mol. The molecular formula is C25H27FN4O4S. The molecule has 0 aliphatic rings. The van der Waals surface area contributed by atoms with Gasteiger partial charge in [0.1, 0.15) is 22.6 Å². The standard InChI is InChI=1S/C25H27FN4O4S/c1-25(2,3)30-35(33,34)20-13-14-22(27-16-20)29-24(32)21(15-17-7-5-4-6-8-17)28-23(31)18-9-11-19(26)12-10-18/h4-14,16,21,30H,15H2,1-3H3,(H,28,31)(H,27,29,32)/t21-/m0/s1. The number of benzene rings is 2. The highest BCUT2D eigenvalue weighted by Crippen LogP contribution is 2.15. The summed E-state index contributed by atoms with van der Waals surface area (Å²) in [7, 11) is -3.78. The van der Waals surface area contributed by atoms with Crippen molar-refractivity contribution in [2.45, 2.75) is 43.7 Å². The molecule has 184 valence electrons. The van der Waals surface area contributed by atoms with Crippen LogP contribution in [-0.4, -0.2) is 36.8 Å². The number of carbonyl (C=O) groups is 2. The van der Waals surface area contributed by atoms with Gasteiger partial charge in [-0.1, -0.05) is 30.3 Å². The van der Waals surface area contributed by atoms with Crippen molar-refractivity contribution in [3.8, 4) is 0 Å². The van der Waals surface area contributed by atoms with Crippen molar-refractivity contribution < 1.29 is 22.4 Å². The van der Waals surface area contributed by atoms with E-state index in [1.807, 2.05) is 30.3 Å². The van der Waals surface area contributed by atoms with E-state index in [4.69, 9.17) is 0 Å². The van der Waals surface area contributed by atoms with Gasteiger partial charge in [0.05, 0.1) is 0 Å². The van der Waals surface area contributed by atoms with E-state index in [1.54, 1.807) is 20.8 Å². The lowest BCUT2D eigenvalue weighted by Gasteiger charge is -2.20. The molecule has 0 bridgehead atoms. The molecule has 0 saturated heterocycles. The molecular weight excluding hydrogens is 471 g/mol. The SMILES string of the molecule is CC(C)(C)NS(=O)(=O)c1ccc(NC(=O)[C@H](Cc2ccccc2)NC(=O)c2ccc(F)cc2)nc1. The first-order valence-electron chi connectivity index (χ1n) is 10.8. The molecule has 2 aromatic carbocycles. The molecule has 0 aliphatic carbocycles. The second-order valence-electron chi connectivity index (χ2n) is 8.95. The van der Waals surface area contributed by atoms with Crippen molar-refractivity contribution in [1.82, 2.24) is 15.0 Å². The van der Waals surface area contributed by atoms with Gasteiger partial charge >= 0.3 is 0 Å². The number of rotatable bonds is 8. The Morgan fingerprint density at radius 3 is 2.20 bits per heavy atom. The van der Waals surface area contributed by atoms with Crippen molar-refractivity contribution in [2.75, 3.05) is 5.32 Å². The van der Waals surface area contributed by atoms with Gasteiger partial charge in [-0.15, -0.1) is 0 Å². The summed E-state index contributed by atoms with van der Waals surface area (Å²) in [4.78, 5) is 29.7. The second-order valence-corrected chi connectivity index (χ2v) is 10.6. The number of amides is 2. The lowest BCUT2D eigenvalue weighted by atomic mass is 10.0. The van der Waals surface area contributed by atoms with Gasteiger partial charge < -0.3 is 10.6 Å². The van der Waals surface area contributed by atoms with E-state index >= 15 is 0 Å². The zero-order valence-corrected chi connectivity index (χ0v) is 20.4.